The van der Waals surface area contributed by atoms with E-state index in [1.54, 1.807) is 6.33 Å². The second-order valence-electron chi connectivity index (χ2n) is 3.10. The quantitative estimate of drug-likeness (QED) is 0.840. The summed E-state index contributed by atoms with van der Waals surface area (Å²) in [6, 6.07) is 0. The summed E-state index contributed by atoms with van der Waals surface area (Å²) in [4.78, 5) is 9.35. The summed E-state index contributed by atoms with van der Waals surface area (Å²) in [6.45, 7) is 5.05. The van der Waals surface area contributed by atoms with E-state index in [1.165, 1.54) is 11.5 Å². The predicted octanol–water partition coefficient (Wildman–Crippen LogP) is 2.22. The lowest BCUT2D eigenvalue weighted by molar-refractivity contribution is 0.969. The van der Waals surface area contributed by atoms with E-state index in [4.69, 9.17) is 0 Å². The molecule has 5 heteroatoms. The predicted molar refractivity (Wildman–Crippen MR) is 58.7 cm³/mol. The largest absolute Gasteiger partial charge is 0.369 e. The number of nitrogens with one attached hydrogen (secondary N) is 1. The Morgan fingerprint density at radius 1 is 1.43 bits per heavy atom. The number of rotatable bonds is 3. The van der Waals surface area contributed by atoms with Crippen molar-refractivity contribution in [3.63, 3.8) is 0 Å². The molecule has 0 fully saturated rings. The highest BCUT2D eigenvalue weighted by Crippen LogP contribution is 2.25. The number of hydrogen-bond donors (Lipinski definition) is 1. The zero-order valence-electron chi connectivity index (χ0n) is 8.24. The zero-order chi connectivity index (χ0) is 9.97. The maximum Gasteiger partial charge on any atom is 0.149 e. The topological polar surface area (TPSA) is 50.7 Å². The van der Waals surface area contributed by atoms with E-state index < -0.39 is 0 Å². The van der Waals surface area contributed by atoms with Crippen molar-refractivity contribution in [3.05, 3.63) is 12.0 Å². The van der Waals surface area contributed by atoms with Crippen LogP contribution in [0.4, 0.5) is 5.82 Å². The standard InChI is InChI=1S/C9H12N4S/c1-3-4-10-8-7-6(2)13-14-9(7)12-5-11-8/h5H,3-4H2,1-2H3,(H,10,11,12). The van der Waals surface area contributed by atoms with Crippen LogP contribution in [0, 0.1) is 6.92 Å². The molecule has 0 bridgehead atoms. The van der Waals surface area contributed by atoms with E-state index >= 15 is 0 Å². The minimum Gasteiger partial charge on any atom is -0.369 e. The van der Waals surface area contributed by atoms with Gasteiger partial charge in [-0.15, -0.1) is 0 Å². The maximum atomic E-state index is 4.26. The average Bonchev–Trinajstić information content (AvgIpc) is 2.58. The van der Waals surface area contributed by atoms with Gasteiger partial charge in [0.2, 0.25) is 0 Å². The van der Waals surface area contributed by atoms with E-state index in [0.29, 0.717) is 0 Å². The maximum absolute atomic E-state index is 4.26. The van der Waals surface area contributed by atoms with E-state index in [1.807, 2.05) is 6.92 Å². The monoisotopic (exact) mass is 208 g/mol. The van der Waals surface area contributed by atoms with E-state index in [2.05, 4.69) is 26.6 Å². The summed E-state index contributed by atoms with van der Waals surface area (Å²) in [6.07, 6.45) is 2.67. The Morgan fingerprint density at radius 2 is 2.29 bits per heavy atom. The highest BCUT2D eigenvalue weighted by atomic mass is 32.1. The molecule has 1 N–H and O–H groups in total. The van der Waals surface area contributed by atoms with Crippen LogP contribution in [-0.4, -0.2) is 20.9 Å². The second-order valence-corrected chi connectivity index (χ2v) is 3.85. The van der Waals surface area contributed by atoms with Gasteiger partial charge in [-0.2, -0.15) is 4.37 Å². The van der Waals surface area contributed by atoms with Crippen molar-refractivity contribution in [2.24, 2.45) is 0 Å². The Kier molecular flexibility index (Phi) is 2.58. The molecule has 0 amide bonds. The lowest BCUT2D eigenvalue weighted by Crippen LogP contribution is -2.02. The van der Waals surface area contributed by atoms with Gasteiger partial charge < -0.3 is 5.32 Å². The molecule has 0 aliphatic rings. The second kappa shape index (κ2) is 3.88. The Hall–Kier alpha value is -1.23. The fourth-order valence-electron chi connectivity index (χ4n) is 1.30. The Balaban J connectivity index is 2.46. The van der Waals surface area contributed by atoms with E-state index in [9.17, 15) is 0 Å². The Morgan fingerprint density at radius 3 is 3.07 bits per heavy atom. The summed E-state index contributed by atoms with van der Waals surface area (Å²) < 4.78 is 4.26. The van der Waals surface area contributed by atoms with Crippen LogP contribution >= 0.6 is 11.5 Å². The van der Waals surface area contributed by atoms with E-state index in [0.717, 1.165) is 34.7 Å². The number of aromatic nitrogens is 3. The van der Waals surface area contributed by atoms with Gasteiger partial charge >= 0.3 is 0 Å². The molecular formula is C9H12N4S. The lowest BCUT2D eigenvalue weighted by atomic mass is 10.3. The van der Waals surface area contributed by atoms with Crippen LogP contribution in [0.15, 0.2) is 6.33 Å². The fraction of sp³-hybridized carbons (Fsp3) is 0.444. The molecule has 0 aliphatic carbocycles. The molecule has 74 valence electrons. The first-order chi connectivity index (χ1) is 6.83. The lowest BCUT2D eigenvalue weighted by Gasteiger charge is -2.03. The molecule has 0 atom stereocenters. The summed E-state index contributed by atoms with van der Waals surface area (Å²) in [7, 11) is 0. The van der Waals surface area contributed by atoms with Gasteiger partial charge in [-0.05, 0) is 24.9 Å². The minimum absolute atomic E-state index is 0.906. The molecule has 2 rings (SSSR count). The molecule has 2 aromatic heterocycles. The number of hydrogen-bond acceptors (Lipinski definition) is 5. The van der Waals surface area contributed by atoms with Gasteiger partial charge in [-0.25, -0.2) is 9.97 Å². The number of nitrogens with zero attached hydrogens (tertiary/aromatic N) is 3. The molecule has 14 heavy (non-hydrogen) atoms. The molecule has 0 unspecified atom stereocenters. The summed E-state index contributed by atoms with van der Waals surface area (Å²) in [5.41, 5.74) is 1.00. The smallest absolute Gasteiger partial charge is 0.149 e. The molecular weight excluding hydrogens is 196 g/mol. The van der Waals surface area contributed by atoms with Gasteiger partial charge in [0.05, 0.1) is 11.1 Å². The van der Waals surface area contributed by atoms with Gasteiger partial charge in [0.25, 0.3) is 0 Å². The average molecular weight is 208 g/mol. The van der Waals surface area contributed by atoms with E-state index in [-0.39, 0.29) is 0 Å². The summed E-state index contributed by atoms with van der Waals surface area (Å²) >= 11 is 1.42. The van der Waals surface area contributed by atoms with Gasteiger partial charge in [0.1, 0.15) is 17.0 Å². The molecule has 2 heterocycles. The molecule has 0 spiro atoms. The first-order valence-corrected chi connectivity index (χ1v) is 5.41. The van der Waals surface area contributed by atoms with Crippen molar-refractivity contribution in [3.8, 4) is 0 Å². The van der Waals surface area contributed by atoms with Gasteiger partial charge in [0.15, 0.2) is 0 Å². The highest BCUT2D eigenvalue weighted by Gasteiger charge is 2.08. The van der Waals surface area contributed by atoms with Crippen molar-refractivity contribution >= 4 is 27.6 Å². The molecule has 0 radical (unpaired) electrons. The molecule has 0 aromatic carbocycles. The van der Waals surface area contributed by atoms with Crippen LogP contribution < -0.4 is 5.32 Å². The number of fused-ring (bicyclic) bond motifs is 1. The molecule has 0 aliphatic heterocycles. The molecule has 0 saturated heterocycles. The van der Waals surface area contributed by atoms with Crippen molar-refractivity contribution < 1.29 is 0 Å². The first-order valence-electron chi connectivity index (χ1n) is 4.63. The molecule has 2 aromatic rings. The van der Waals surface area contributed by atoms with Crippen LogP contribution in [0.25, 0.3) is 10.2 Å². The third-order valence-electron chi connectivity index (χ3n) is 1.99. The number of aryl methyl sites for hydroxylation is 1. The minimum atomic E-state index is 0.906. The van der Waals surface area contributed by atoms with Gasteiger partial charge in [-0.1, -0.05) is 6.92 Å². The number of anilines is 1. The molecule has 4 nitrogen and oxygen atoms in total. The van der Waals surface area contributed by atoms with Crippen molar-refractivity contribution in [2.75, 3.05) is 11.9 Å². The van der Waals surface area contributed by atoms with Gasteiger partial charge in [0, 0.05) is 6.54 Å². The van der Waals surface area contributed by atoms with Crippen LogP contribution in [0.2, 0.25) is 0 Å². The van der Waals surface area contributed by atoms with Crippen molar-refractivity contribution in [2.45, 2.75) is 20.3 Å². The summed E-state index contributed by atoms with van der Waals surface area (Å²) in [5, 5.41) is 4.34. The van der Waals surface area contributed by atoms with Crippen LogP contribution in [0.5, 0.6) is 0 Å². The zero-order valence-corrected chi connectivity index (χ0v) is 9.06. The third-order valence-corrected chi connectivity index (χ3v) is 2.83. The molecule has 0 saturated carbocycles. The SMILES string of the molecule is CCCNc1ncnc2snc(C)c12. The summed E-state index contributed by atoms with van der Waals surface area (Å²) in [5.74, 6) is 0.906. The Labute approximate surface area is 86.6 Å². The third kappa shape index (κ3) is 1.55. The Bertz CT molecular complexity index is 437. The van der Waals surface area contributed by atoms with Crippen LogP contribution in [0.3, 0.4) is 0 Å². The van der Waals surface area contributed by atoms with Crippen molar-refractivity contribution in [1.82, 2.24) is 14.3 Å². The van der Waals surface area contributed by atoms with Crippen LogP contribution in [-0.2, 0) is 0 Å². The highest BCUT2D eigenvalue weighted by molar-refractivity contribution is 7.13. The first kappa shape index (κ1) is 9.33. The van der Waals surface area contributed by atoms with Crippen LogP contribution in [0.1, 0.15) is 19.0 Å². The van der Waals surface area contributed by atoms with Gasteiger partial charge in [-0.3, -0.25) is 0 Å². The van der Waals surface area contributed by atoms with Crippen molar-refractivity contribution in [1.29, 1.82) is 0 Å². The normalized spacial score (nSPS) is 10.7. The fourth-order valence-corrected chi connectivity index (χ4v) is 2.04.